The smallest absolute Gasteiger partial charge is 0.238 e. The molecule has 1 unspecified atom stereocenters. The molecule has 16 heavy (non-hydrogen) atoms. The molecule has 0 radical (unpaired) electrons. The van der Waals surface area contributed by atoms with Crippen molar-refractivity contribution < 1.29 is 9.59 Å². The Morgan fingerprint density at radius 2 is 2.12 bits per heavy atom. The van der Waals surface area contributed by atoms with E-state index in [-0.39, 0.29) is 17.2 Å². The van der Waals surface area contributed by atoms with Crippen LogP contribution in [0, 0.1) is 5.92 Å². The Bertz CT molecular complexity index is 325. The Balaban J connectivity index is 2.04. The molecule has 1 amide bonds. The first kappa shape index (κ1) is 11.6. The topological polar surface area (TPSA) is 40.6 Å². The lowest BCUT2D eigenvalue weighted by molar-refractivity contribution is -0.139. The Morgan fingerprint density at radius 1 is 1.50 bits per heavy atom. The molecule has 4 nitrogen and oxygen atoms in total. The summed E-state index contributed by atoms with van der Waals surface area (Å²) in [4.78, 5) is 22.9. The molecule has 1 saturated heterocycles. The average Bonchev–Trinajstić information content (AvgIpc) is 2.97. The zero-order valence-electron chi connectivity index (χ0n) is 10.3. The van der Waals surface area contributed by atoms with Crippen LogP contribution in [0.2, 0.25) is 0 Å². The second-order valence-electron chi connectivity index (χ2n) is 5.30. The maximum absolute atomic E-state index is 11.9. The van der Waals surface area contributed by atoms with Crippen molar-refractivity contribution in [2.24, 2.45) is 5.92 Å². The largest absolute Gasteiger partial charge is 0.300 e. The van der Waals surface area contributed by atoms with E-state index in [1.54, 1.807) is 11.9 Å². The summed E-state index contributed by atoms with van der Waals surface area (Å²) in [6, 6.07) is 0. The summed E-state index contributed by atoms with van der Waals surface area (Å²) in [5.41, 5.74) is -0.00608. The number of rotatable bonds is 4. The van der Waals surface area contributed by atoms with Gasteiger partial charge in [0, 0.05) is 32.0 Å². The number of carbonyl (C=O) groups excluding carboxylic acids is 2. The van der Waals surface area contributed by atoms with Crippen LogP contribution in [0.5, 0.6) is 0 Å². The third-order valence-corrected chi connectivity index (χ3v) is 4.03. The first-order valence-corrected chi connectivity index (χ1v) is 5.98. The van der Waals surface area contributed by atoms with Crippen LogP contribution in [0.1, 0.15) is 39.5 Å². The molecule has 2 rings (SSSR count). The van der Waals surface area contributed by atoms with Gasteiger partial charge in [-0.3, -0.25) is 14.6 Å². The van der Waals surface area contributed by atoms with E-state index in [2.05, 4.69) is 11.9 Å². The summed E-state index contributed by atoms with van der Waals surface area (Å²) < 4.78 is 0. The van der Waals surface area contributed by atoms with Gasteiger partial charge in [0.05, 0.1) is 0 Å². The fourth-order valence-corrected chi connectivity index (χ4v) is 2.61. The average molecular weight is 224 g/mol. The quantitative estimate of drug-likeness (QED) is 0.720. The lowest BCUT2D eigenvalue weighted by Gasteiger charge is -2.35. The number of hydrogen-bond acceptors (Lipinski definition) is 3. The van der Waals surface area contributed by atoms with Gasteiger partial charge in [-0.05, 0) is 32.6 Å². The van der Waals surface area contributed by atoms with Crippen LogP contribution in [-0.4, -0.2) is 40.8 Å². The molecule has 1 aliphatic heterocycles. The van der Waals surface area contributed by atoms with Crippen molar-refractivity contribution in [1.82, 2.24) is 10.0 Å². The predicted octanol–water partition coefficient (Wildman–Crippen LogP) is 1.21. The van der Waals surface area contributed by atoms with Gasteiger partial charge in [-0.15, -0.1) is 0 Å². The third-order valence-electron chi connectivity index (χ3n) is 4.03. The molecule has 0 aromatic rings. The molecule has 0 aromatic carbocycles. The first-order chi connectivity index (χ1) is 7.45. The van der Waals surface area contributed by atoms with Crippen molar-refractivity contribution in [3.63, 3.8) is 0 Å². The molecule has 1 saturated carbocycles. The second-order valence-corrected chi connectivity index (χ2v) is 5.30. The summed E-state index contributed by atoms with van der Waals surface area (Å²) in [5, 5.41) is 3.82. The maximum atomic E-state index is 11.9. The number of nitrogens with zero attached hydrogens (tertiary/aromatic N) is 2. The van der Waals surface area contributed by atoms with E-state index in [0.717, 1.165) is 0 Å². The minimum absolute atomic E-state index is 0.00608. The van der Waals surface area contributed by atoms with Crippen LogP contribution in [0.4, 0.5) is 0 Å². The number of hydrazine groups is 1. The van der Waals surface area contributed by atoms with Crippen LogP contribution in [0.15, 0.2) is 0 Å². The highest BCUT2D eigenvalue weighted by atomic mass is 16.2. The SMILES string of the molecule is CC(=O)CCN1C(=O)CC(C)(C2CC2)N1C. The number of amides is 1. The second kappa shape index (κ2) is 3.84. The van der Waals surface area contributed by atoms with Gasteiger partial charge in [-0.25, -0.2) is 5.01 Å². The van der Waals surface area contributed by atoms with Gasteiger partial charge in [0.1, 0.15) is 5.78 Å². The molecule has 2 fully saturated rings. The highest BCUT2D eigenvalue weighted by molar-refractivity contribution is 5.81. The molecule has 0 bridgehead atoms. The van der Waals surface area contributed by atoms with E-state index in [1.807, 2.05) is 7.05 Å². The van der Waals surface area contributed by atoms with Gasteiger partial charge < -0.3 is 0 Å². The standard InChI is InChI=1S/C12H20N2O2/c1-9(15)6-7-14-11(16)8-12(2,13(14)3)10-4-5-10/h10H,4-8H2,1-3H3. The van der Waals surface area contributed by atoms with E-state index < -0.39 is 0 Å². The molecule has 0 spiro atoms. The van der Waals surface area contributed by atoms with E-state index in [1.165, 1.54) is 12.8 Å². The van der Waals surface area contributed by atoms with Gasteiger partial charge in [-0.1, -0.05) is 0 Å². The van der Waals surface area contributed by atoms with Gasteiger partial charge in [0.2, 0.25) is 5.91 Å². The van der Waals surface area contributed by atoms with Crippen LogP contribution in [-0.2, 0) is 9.59 Å². The summed E-state index contributed by atoms with van der Waals surface area (Å²) in [5.74, 6) is 0.961. The summed E-state index contributed by atoms with van der Waals surface area (Å²) in [6.45, 7) is 4.27. The zero-order chi connectivity index (χ0) is 11.9. The minimum atomic E-state index is -0.00608. The van der Waals surface area contributed by atoms with E-state index >= 15 is 0 Å². The Labute approximate surface area is 96.6 Å². The number of hydrogen-bond donors (Lipinski definition) is 0. The number of ketones is 1. The molecule has 0 aromatic heterocycles. The fraction of sp³-hybridized carbons (Fsp3) is 0.833. The molecular formula is C12H20N2O2. The Hall–Kier alpha value is -0.900. The molecule has 2 aliphatic rings. The summed E-state index contributed by atoms with van der Waals surface area (Å²) in [7, 11) is 1.98. The third kappa shape index (κ3) is 1.86. The van der Waals surface area contributed by atoms with E-state index in [9.17, 15) is 9.59 Å². The Morgan fingerprint density at radius 3 is 2.62 bits per heavy atom. The van der Waals surface area contributed by atoms with E-state index in [0.29, 0.717) is 25.3 Å². The monoisotopic (exact) mass is 224 g/mol. The highest BCUT2D eigenvalue weighted by Crippen LogP contribution is 2.47. The number of carbonyl (C=O) groups is 2. The molecule has 90 valence electrons. The van der Waals surface area contributed by atoms with Crippen molar-refractivity contribution in [2.45, 2.75) is 45.1 Å². The van der Waals surface area contributed by atoms with Crippen LogP contribution in [0.25, 0.3) is 0 Å². The van der Waals surface area contributed by atoms with Crippen LogP contribution >= 0.6 is 0 Å². The molecule has 4 heteroatoms. The highest BCUT2D eigenvalue weighted by Gasteiger charge is 2.52. The molecule has 1 atom stereocenters. The van der Waals surface area contributed by atoms with Crippen molar-refractivity contribution in [3.8, 4) is 0 Å². The molecule has 1 heterocycles. The van der Waals surface area contributed by atoms with Gasteiger partial charge in [0.25, 0.3) is 0 Å². The molecule has 1 aliphatic carbocycles. The fourth-order valence-electron chi connectivity index (χ4n) is 2.61. The lowest BCUT2D eigenvalue weighted by atomic mass is 9.93. The molecular weight excluding hydrogens is 204 g/mol. The van der Waals surface area contributed by atoms with Crippen LogP contribution < -0.4 is 0 Å². The van der Waals surface area contributed by atoms with Crippen LogP contribution in [0.3, 0.4) is 0 Å². The lowest BCUT2D eigenvalue weighted by Crippen LogP contribution is -2.47. The van der Waals surface area contributed by atoms with Gasteiger partial charge >= 0.3 is 0 Å². The first-order valence-electron chi connectivity index (χ1n) is 5.98. The van der Waals surface area contributed by atoms with Gasteiger partial charge in [0.15, 0.2) is 0 Å². The number of Topliss-reactive ketones (excluding diaryl/α,β-unsaturated/α-hetero) is 1. The zero-order valence-corrected chi connectivity index (χ0v) is 10.3. The van der Waals surface area contributed by atoms with Gasteiger partial charge in [-0.2, -0.15) is 0 Å². The molecule has 0 N–H and O–H groups in total. The predicted molar refractivity (Wildman–Crippen MR) is 60.5 cm³/mol. The summed E-state index contributed by atoms with van der Waals surface area (Å²) in [6.07, 6.45) is 3.52. The maximum Gasteiger partial charge on any atom is 0.238 e. The van der Waals surface area contributed by atoms with Crippen molar-refractivity contribution in [2.75, 3.05) is 13.6 Å². The summed E-state index contributed by atoms with van der Waals surface area (Å²) >= 11 is 0. The Kier molecular flexibility index (Phi) is 2.78. The van der Waals surface area contributed by atoms with E-state index in [4.69, 9.17) is 0 Å². The van der Waals surface area contributed by atoms with Crippen molar-refractivity contribution in [3.05, 3.63) is 0 Å². The van der Waals surface area contributed by atoms with Crippen molar-refractivity contribution in [1.29, 1.82) is 0 Å². The van der Waals surface area contributed by atoms with Crippen molar-refractivity contribution >= 4 is 11.7 Å². The minimum Gasteiger partial charge on any atom is -0.300 e. The normalized spacial score (nSPS) is 31.2.